The number of hydrogen-bond acceptors (Lipinski definition) is 6. The Labute approximate surface area is 400 Å². The number of unbranched alkanes of at least 4 members (excludes halogenated alkanes) is 20. The van der Waals surface area contributed by atoms with Crippen molar-refractivity contribution in [2.75, 3.05) is 13.2 Å². The average Bonchev–Trinajstić information content (AvgIpc) is 3.30. The van der Waals surface area contributed by atoms with Gasteiger partial charge >= 0.3 is 17.9 Å². The van der Waals surface area contributed by atoms with Gasteiger partial charge in [0.2, 0.25) is 0 Å². The van der Waals surface area contributed by atoms with E-state index in [1.807, 2.05) is 0 Å². The lowest BCUT2D eigenvalue weighted by molar-refractivity contribution is -0.167. The van der Waals surface area contributed by atoms with E-state index in [1.165, 1.54) is 77.0 Å². The van der Waals surface area contributed by atoms with Gasteiger partial charge < -0.3 is 14.2 Å². The number of allylic oxidation sites excluding steroid dienone is 16. The zero-order valence-electron chi connectivity index (χ0n) is 42.2. The van der Waals surface area contributed by atoms with E-state index in [-0.39, 0.29) is 37.5 Å². The molecule has 65 heavy (non-hydrogen) atoms. The fourth-order valence-electron chi connectivity index (χ4n) is 7.14. The van der Waals surface area contributed by atoms with Crippen LogP contribution in [0.5, 0.6) is 0 Å². The molecule has 0 aliphatic heterocycles. The molecule has 0 unspecified atom stereocenters. The first-order valence-electron chi connectivity index (χ1n) is 26.7. The molecule has 370 valence electrons. The minimum absolute atomic E-state index is 0.105. The molecule has 0 N–H and O–H groups in total. The van der Waals surface area contributed by atoms with Crippen molar-refractivity contribution in [3.8, 4) is 0 Å². The van der Waals surface area contributed by atoms with Crippen molar-refractivity contribution < 1.29 is 28.6 Å². The largest absolute Gasteiger partial charge is 0.462 e. The van der Waals surface area contributed by atoms with Crippen LogP contribution < -0.4 is 0 Å². The molecular weight excluding hydrogens is 805 g/mol. The topological polar surface area (TPSA) is 78.9 Å². The van der Waals surface area contributed by atoms with Crippen LogP contribution in [-0.4, -0.2) is 37.2 Å². The normalized spacial score (nSPS) is 12.8. The van der Waals surface area contributed by atoms with Crippen LogP contribution in [0.4, 0.5) is 0 Å². The summed E-state index contributed by atoms with van der Waals surface area (Å²) in [4.78, 5) is 38.0. The highest BCUT2D eigenvalue weighted by Crippen LogP contribution is 2.15. The van der Waals surface area contributed by atoms with Gasteiger partial charge in [0, 0.05) is 19.3 Å². The van der Waals surface area contributed by atoms with Gasteiger partial charge in [0.25, 0.3) is 0 Å². The molecule has 0 spiro atoms. The monoisotopic (exact) mass is 903 g/mol. The van der Waals surface area contributed by atoms with Crippen molar-refractivity contribution >= 4 is 17.9 Å². The van der Waals surface area contributed by atoms with Crippen LogP contribution in [0.2, 0.25) is 0 Å². The highest BCUT2D eigenvalue weighted by molar-refractivity contribution is 5.71. The van der Waals surface area contributed by atoms with Gasteiger partial charge in [0.15, 0.2) is 6.10 Å². The lowest BCUT2D eigenvalue weighted by atomic mass is 10.0. The molecule has 0 saturated carbocycles. The third-order valence-electron chi connectivity index (χ3n) is 11.1. The second kappa shape index (κ2) is 52.9. The smallest absolute Gasteiger partial charge is 0.306 e. The molecule has 0 amide bonds. The molecule has 6 nitrogen and oxygen atoms in total. The lowest BCUT2D eigenvalue weighted by Gasteiger charge is -2.18. The molecule has 0 aliphatic carbocycles. The summed E-state index contributed by atoms with van der Waals surface area (Å²) in [6, 6.07) is 0. The molecule has 0 fully saturated rings. The summed E-state index contributed by atoms with van der Waals surface area (Å²) in [7, 11) is 0. The van der Waals surface area contributed by atoms with Gasteiger partial charge in [-0.25, -0.2) is 0 Å². The Morgan fingerprint density at radius 2 is 0.615 bits per heavy atom. The minimum atomic E-state index is -0.813. The maximum Gasteiger partial charge on any atom is 0.306 e. The molecule has 0 aromatic rings. The van der Waals surface area contributed by atoms with Gasteiger partial charge in [0.1, 0.15) is 13.2 Å². The Morgan fingerprint density at radius 3 is 0.985 bits per heavy atom. The molecule has 0 rings (SSSR count). The van der Waals surface area contributed by atoms with E-state index >= 15 is 0 Å². The zero-order chi connectivity index (χ0) is 47.2. The van der Waals surface area contributed by atoms with Gasteiger partial charge in [-0.1, -0.05) is 227 Å². The first-order chi connectivity index (χ1) is 32.0. The molecule has 6 heteroatoms. The molecule has 0 saturated heterocycles. The second-order valence-corrected chi connectivity index (χ2v) is 17.4. The molecule has 0 aromatic carbocycles. The Hall–Kier alpha value is -3.67. The van der Waals surface area contributed by atoms with Crippen LogP contribution in [-0.2, 0) is 28.6 Å². The summed E-state index contributed by atoms with van der Waals surface area (Å²) >= 11 is 0. The summed E-state index contributed by atoms with van der Waals surface area (Å²) in [5, 5.41) is 0. The lowest BCUT2D eigenvalue weighted by Crippen LogP contribution is -2.30. The summed E-state index contributed by atoms with van der Waals surface area (Å²) in [5.74, 6) is -0.981. The SMILES string of the molecule is CC/C=C\C/C=C\C/C=C\C/C=C\C/C=C\CCCC(=O)O[C@H](COC(=O)CCCCCCC/C=C\C/C=C\C/C=C\CC)COC(=O)CCCCCCCCCCCCCCCCC. The third-order valence-corrected chi connectivity index (χ3v) is 11.1. The molecule has 0 heterocycles. The Kier molecular flexibility index (Phi) is 50.0. The van der Waals surface area contributed by atoms with E-state index in [2.05, 4.69) is 118 Å². The number of carbonyl (C=O) groups excluding carboxylic acids is 3. The Balaban J connectivity index is 4.51. The predicted octanol–water partition coefficient (Wildman–Crippen LogP) is 17.8. The summed E-state index contributed by atoms with van der Waals surface area (Å²) in [6.45, 7) is 6.35. The van der Waals surface area contributed by atoms with Gasteiger partial charge in [-0.2, -0.15) is 0 Å². The van der Waals surface area contributed by atoms with E-state index in [0.717, 1.165) is 116 Å². The van der Waals surface area contributed by atoms with Crippen molar-refractivity contribution in [2.45, 2.75) is 245 Å². The molecule has 0 aromatic heterocycles. The maximum absolute atomic E-state index is 12.8. The number of ether oxygens (including phenoxy) is 3. The third kappa shape index (κ3) is 51.2. The van der Waals surface area contributed by atoms with E-state index in [0.29, 0.717) is 19.3 Å². The Morgan fingerprint density at radius 1 is 0.323 bits per heavy atom. The minimum Gasteiger partial charge on any atom is -0.462 e. The zero-order valence-corrected chi connectivity index (χ0v) is 42.2. The van der Waals surface area contributed by atoms with Crippen molar-refractivity contribution in [2.24, 2.45) is 0 Å². The van der Waals surface area contributed by atoms with E-state index in [1.54, 1.807) is 0 Å². The summed E-state index contributed by atoms with van der Waals surface area (Å²) < 4.78 is 16.8. The maximum atomic E-state index is 12.8. The fourth-order valence-corrected chi connectivity index (χ4v) is 7.14. The van der Waals surface area contributed by atoms with Crippen molar-refractivity contribution in [1.82, 2.24) is 0 Å². The van der Waals surface area contributed by atoms with Crippen LogP contribution >= 0.6 is 0 Å². The van der Waals surface area contributed by atoms with Crippen molar-refractivity contribution in [3.63, 3.8) is 0 Å². The molecule has 0 radical (unpaired) electrons. The van der Waals surface area contributed by atoms with Gasteiger partial charge in [-0.05, 0) is 89.9 Å². The van der Waals surface area contributed by atoms with Gasteiger partial charge in [-0.3, -0.25) is 14.4 Å². The van der Waals surface area contributed by atoms with Crippen LogP contribution in [0, 0.1) is 0 Å². The van der Waals surface area contributed by atoms with Crippen molar-refractivity contribution in [3.05, 3.63) is 97.2 Å². The highest BCUT2D eigenvalue weighted by Gasteiger charge is 2.19. The van der Waals surface area contributed by atoms with E-state index in [4.69, 9.17) is 14.2 Å². The number of rotatable bonds is 47. The fraction of sp³-hybridized carbons (Fsp3) is 0.678. The summed E-state index contributed by atoms with van der Waals surface area (Å²) in [5.41, 5.74) is 0. The summed E-state index contributed by atoms with van der Waals surface area (Å²) in [6.07, 6.45) is 69.7. The molecule has 0 aliphatic rings. The number of carbonyl (C=O) groups is 3. The number of hydrogen-bond donors (Lipinski definition) is 0. The van der Waals surface area contributed by atoms with Crippen LogP contribution in [0.3, 0.4) is 0 Å². The quantitative estimate of drug-likeness (QED) is 0.0262. The number of esters is 3. The van der Waals surface area contributed by atoms with Gasteiger partial charge in [0.05, 0.1) is 0 Å². The standard InChI is InChI=1S/C59H98O6/c1-4-7-10-13-16-19-22-25-28-29-32-35-38-41-44-47-50-53-59(62)65-56(54-63-57(60)51-48-45-42-39-36-33-30-26-23-20-17-14-11-8-5-2)55-64-58(61)52-49-46-43-40-37-34-31-27-24-21-18-15-12-9-6-3/h7-8,10-11,16-17,19-20,25-26,28,30,32,35,41,44,56H,4-6,9,12-15,18,21-24,27,29,31,33-34,36-40,42-43,45-55H2,1-3H3/b10-7-,11-8-,19-16-,20-17-,28-25-,30-26-,35-32-,44-41-/t56-/m1/s1. The first kappa shape index (κ1) is 61.3. The van der Waals surface area contributed by atoms with E-state index < -0.39 is 6.10 Å². The van der Waals surface area contributed by atoms with Crippen LogP contribution in [0.15, 0.2) is 97.2 Å². The van der Waals surface area contributed by atoms with Crippen LogP contribution in [0.1, 0.15) is 239 Å². The van der Waals surface area contributed by atoms with E-state index in [9.17, 15) is 14.4 Å². The average molecular weight is 903 g/mol. The molecule has 1 atom stereocenters. The molecular formula is C59H98O6. The predicted molar refractivity (Wildman–Crippen MR) is 279 cm³/mol. The second-order valence-electron chi connectivity index (χ2n) is 17.4. The molecule has 0 bridgehead atoms. The van der Waals surface area contributed by atoms with Gasteiger partial charge in [-0.15, -0.1) is 0 Å². The first-order valence-corrected chi connectivity index (χ1v) is 26.7. The van der Waals surface area contributed by atoms with Crippen molar-refractivity contribution in [1.29, 1.82) is 0 Å². The van der Waals surface area contributed by atoms with Crippen LogP contribution in [0.25, 0.3) is 0 Å². The highest BCUT2D eigenvalue weighted by atomic mass is 16.6. The Bertz CT molecular complexity index is 1310.